The lowest BCUT2D eigenvalue weighted by Crippen LogP contribution is -2.25. The highest BCUT2D eigenvalue weighted by Gasteiger charge is 2.23. The number of benzene rings is 1. The molecule has 4 heteroatoms. The number of rotatable bonds is 6. The van der Waals surface area contributed by atoms with Crippen molar-refractivity contribution in [3.8, 4) is 17.2 Å². The van der Waals surface area contributed by atoms with Crippen molar-refractivity contribution in [2.45, 2.75) is 31.8 Å². The highest BCUT2D eigenvalue weighted by Crippen LogP contribution is 2.30. The Labute approximate surface area is 114 Å². The van der Waals surface area contributed by atoms with Crippen LogP contribution in [0.1, 0.15) is 25.7 Å². The summed E-state index contributed by atoms with van der Waals surface area (Å²) in [4.78, 5) is 0. The maximum Gasteiger partial charge on any atom is 0.126 e. The minimum absolute atomic E-state index is 0.320. The van der Waals surface area contributed by atoms with Crippen molar-refractivity contribution in [2.75, 3.05) is 20.8 Å². The van der Waals surface area contributed by atoms with Crippen LogP contribution < -0.4 is 14.2 Å². The number of aliphatic hydroxyl groups is 1. The van der Waals surface area contributed by atoms with E-state index in [4.69, 9.17) is 14.2 Å². The molecule has 0 amide bonds. The lowest BCUT2D eigenvalue weighted by atomic mass is 10.0. The Balaban J connectivity index is 1.94. The summed E-state index contributed by atoms with van der Waals surface area (Å²) in [5, 5.41) is 10.1. The molecule has 1 unspecified atom stereocenters. The molecule has 1 aliphatic carbocycles. The van der Waals surface area contributed by atoms with Gasteiger partial charge in [0, 0.05) is 18.2 Å². The fraction of sp³-hybridized carbons (Fsp3) is 0.600. The predicted octanol–water partition coefficient (Wildman–Crippen LogP) is 2.63. The molecule has 1 fully saturated rings. The summed E-state index contributed by atoms with van der Waals surface area (Å²) in [6, 6.07) is 5.38. The van der Waals surface area contributed by atoms with E-state index in [0.717, 1.165) is 12.8 Å². The molecule has 19 heavy (non-hydrogen) atoms. The molecule has 1 atom stereocenters. The zero-order chi connectivity index (χ0) is 13.7. The molecule has 0 bridgehead atoms. The van der Waals surface area contributed by atoms with Crippen LogP contribution in [-0.2, 0) is 0 Å². The monoisotopic (exact) mass is 266 g/mol. The lowest BCUT2D eigenvalue weighted by Gasteiger charge is -2.18. The summed E-state index contributed by atoms with van der Waals surface area (Å²) in [5.74, 6) is 2.41. The number of aliphatic hydroxyl groups excluding tert-OH is 1. The number of hydrogen-bond donors (Lipinski definition) is 1. The van der Waals surface area contributed by atoms with Gasteiger partial charge in [0.2, 0.25) is 0 Å². The predicted molar refractivity (Wildman–Crippen MR) is 73.0 cm³/mol. The van der Waals surface area contributed by atoms with Crippen molar-refractivity contribution in [1.82, 2.24) is 0 Å². The van der Waals surface area contributed by atoms with Crippen LogP contribution >= 0.6 is 0 Å². The Morgan fingerprint density at radius 1 is 1.05 bits per heavy atom. The molecule has 0 spiro atoms. The highest BCUT2D eigenvalue weighted by atomic mass is 16.5. The fourth-order valence-corrected chi connectivity index (χ4v) is 2.52. The van der Waals surface area contributed by atoms with E-state index in [1.165, 1.54) is 12.8 Å². The van der Waals surface area contributed by atoms with Gasteiger partial charge in [-0.05, 0) is 18.8 Å². The van der Waals surface area contributed by atoms with E-state index in [-0.39, 0.29) is 6.10 Å². The molecule has 0 saturated heterocycles. The van der Waals surface area contributed by atoms with E-state index in [2.05, 4.69) is 0 Å². The summed E-state index contributed by atoms with van der Waals surface area (Å²) < 4.78 is 16.0. The maximum absolute atomic E-state index is 10.1. The normalized spacial score (nSPS) is 17.2. The van der Waals surface area contributed by atoms with E-state index in [1.807, 2.05) is 0 Å². The third-order valence-electron chi connectivity index (χ3n) is 3.69. The molecule has 2 rings (SSSR count). The quantitative estimate of drug-likeness (QED) is 0.860. The zero-order valence-electron chi connectivity index (χ0n) is 11.6. The van der Waals surface area contributed by atoms with E-state index in [1.54, 1.807) is 32.4 Å². The first-order chi connectivity index (χ1) is 9.22. The van der Waals surface area contributed by atoms with Gasteiger partial charge in [0.25, 0.3) is 0 Å². The van der Waals surface area contributed by atoms with Crippen LogP contribution in [0.15, 0.2) is 18.2 Å². The lowest BCUT2D eigenvalue weighted by molar-refractivity contribution is 0.0591. The van der Waals surface area contributed by atoms with Crippen LogP contribution in [0, 0.1) is 5.92 Å². The zero-order valence-corrected chi connectivity index (χ0v) is 11.6. The third kappa shape index (κ3) is 3.77. The molecular weight excluding hydrogens is 244 g/mol. The SMILES string of the molecule is COc1cc(OC)cc(OCC(O)C2CCCC2)c1. The van der Waals surface area contributed by atoms with Gasteiger partial charge >= 0.3 is 0 Å². The second-order valence-corrected chi connectivity index (χ2v) is 4.97. The molecule has 0 heterocycles. The Hall–Kier alpha value is -1.42. The van der Waals surface area contributed by atoms with E-state index in [0.29, 0.717) is 29.8 Å². The van der Waals surface area contributed by atoms with Gasteiger partial charge in [-0.1, -0.05) is 12.8 Å². The standard InChI is InChI=1S/C15H22O4/c1-17-12-7-13(18-2)9-14(8-12)19-10-15(16)11-5-3-4-6-11/h7-9,11,15-16H,3-6,10H2,1-2H3. The van der Waals surface area contributed by atoms with Gasteiger partial charge < -0.3 is 19.3 Å². The van der Waals surface area contributed by atoms with Crippen molar-refractivity contribution in [2.24, 2.45) is 5.92 Å². The average Bonchev–Trinajstić information content (AvgIpc) is 2.98. The summed E-state index contributed by atoms with van der Waals surface area (Å²) >= 11 is 0. The van der Waals surface area contributed by atoms with Crippen LogP contribution in [0.4, 0.5) is 0 Å². The third-order valence-corrected chi connectivity index (χ3v) is 3.69. The number of methoxy groups -OCH3 is 2. The Morgan fingerprint density at radius 3 is 2.11 bits per heavy atom. The van der Waals surface area contributed by atoms with Gasteiger partial charge in [0.1, 0.15) is 23.9 Å². The fourth-order valence-electron chi connectivity index (χ4n) is 2.52. The van der Waals surface area contributed by atoms with Gasteiger partial charge in [0.15, 0.2) is 0 Å². The number of ether oxygens (including phenoxy) is 3. The first-order valence-corrected chi connectivity index (χ1v) is 6.77. The first kappa shape index (κ1) is 14.0. The Kier molecular flexibility index (Phi) is 4.91. The smallest absolute Gasteiger partial charge is 0.126 e. The van der Waals surface area contributed by atoms with Gasteiger partial charge in [-0.3, -0.25) is 0 Å². The van der Waals surface area contributed by atoms with Gasteiger partial charge in [-0.15, -0.1) is 0 Å². The largest absolute Gasteiger partial charge is 0.496 e. The Bertz CT molecular complexity index is 377. The van der Waals surface area contributed by atoms with Gasteiger partial charge in [-0.2, -0.15) is 0 Å². The molecule has 4 nitrogen and oxygen atoms in total. The van der Waals surface area contributed by atoms with Crippen molar-refractivity contribution < 1.29 is 19.3 Å². The van der Waals surface area contributed by atoms with E-state index >= 15 is 0 Å². The topological polar surface area (TPSA) is 47.9 Å². The molecule has 0 aliphatic heterocycles. The van der Waals surface area contributed by atoms with Crippen molar-refractivity contribution in [3.63, 3.8) is 0 Å². The Morgan fingerprint density at radius 2 is 1.58 bits per heavy atom. The van der Waals surface area contributed by atoms with Crippen LogP contribution in [0.3, 0.4) is 0 Å². The number of hydrogen-bond acceptors (Lipinski definition) is 4. The summed E-state index contributed by atoms with van der Waals surface area (Å²) in [7, 11) is 3.21. The van der Waals surface area contributed by atoms with E-state index < -0.39 is 0 Å². The van der Waals surface area contributed by atoms with Crippen LogP contribution in [0.25, 0.3) is 0 Å². The summed E-state index contributed by atoms with van der Waals surface area (Å²) in [6.07, 6.45) is 4.25. The second kappa shape index (κ2) is 6.66. The van der Waals surface area contributed by atoms with Crippen LogP contribution in [0.2, 0.25) is 0 Å². The van der Waals surface area contributed by atoms with Crippen molar-refractivity contribution >= 4 is 0 Å². The minimum atomic E-state index is -0.389. The summed E-state index contributed by atoms with van der Waals surface area (Å²) in [6.45, 7) is 0.320. The molecule has 0 aromatic heterocycles. The molecule has 0 radical (unpaired) electrons. The molecule has 106 valence electrons. The van der Waals surface area contributed by atoms with Crippen LogP contribution in [-0.4, -0.2) is 32.0 Å². The molecule has 1 N–H and O–H groups in total. The highest BCUT2D eigenvalue weighted by molar-refractivity contribution is 5.41. The van der Waals surface area contributed by atoms with Gasteiger partial charge in [-0.25, -0.2) is 0 Å². The molecule has 1 saturated carbocycles. The molecular formula is C15H22O4. The van der Waals surface area contributed by atoms with Crippen molar-refractivity contribution in [3.05, 3.63) is 18.2 Å². The second-order valence-electron chi connectivity index (χ2n) is 4.97. The summed E-state index contributed by atoms with van der Waals surface area (Å²) in [5.41, 5.74) is 0. The van der Waals surface area contributed by atoms with Crippen LogP contribution in [0.5, 0.6) is 17.2 Å². The van der Waals surface area contributed by atoms with Gasteiger partial charge in [0.05, 0.1) is 20.3 Å². The molecule has 1 aliphatic rings. The maximum atomic E-state index is 10.1. The first-order valence-electron chi connectivity index (χ1n) is 6.77. The average molecular weight is 266 g/mol. The minimum Gasteiger partial charge on any atom is -0.496 e. The molecule has 1 aromatic carbocycles. The van der Waals surface area contributed by atoms with Crippen molar-refractivity contribution in [1.29, 1.82) is 0 Å². The molecule has 1 aromatic rings. The van der Waals surface area contributed by atoms with E-state index in [9.17, 15) is 5.11 Å².